The molecular formula is C16H18BrFN2O3. The van der Waals surface area contributed by atoms with Gasteiger partial charge in [-0.2, -0.15) is 0 Å². The van der Waals surface area contributed by atoms with Crippen molar-refractivity contribution in [3.05, 3.63) is 45.3 Å². The molecule has 0 aromatic heterocycles. The van der Waals surface area contributed by atoms with E-state index in [4.69, 9.17) is 4.74 Å². The molecule has 2 amide bonds. The number of carbonyl (C=O) groups is 2. The molecule has 7 heteroatoms. The summed E-state index contributed by atoms with van der Waals surface area (Å²) in [4.78, 5) is 26.1. The van der Waals surface area contributed by atoms with E-state index in [1.165, 1.54) is 11.0 Å². The molecule has 0 radical (unpaired) electrons. The Morgan fingerprint density at radius 3 is 2.70 bits per heavy atom. The monoisotopic (exact) mass is 384 g/mol. The van der Waals surface area contributed by atoms with E-state index in [2.05, 4.69) is 21.2 Å². The maximum atomic E-state index is 13.5. The summed E-state index contributed by atoms with van der Waals surface area (Å²) < 4.78 is 18.9. The third kappa shape index (κ3) is 3.39. The highest BCUT2D eigenvalue weighted by molar-refractivity contribution is 9.10. The fraction of sp³-hybridized carbons (Fsp3) is 0.375. The molecular weight excluding hydrogens is 367 g/mol. The average molecular weight is 385 g/mol. The van der Waals surface area contributed by atoms with Gasteiger partial charge in [-0.3, -0.25) is 4.90 Å². The summed E-state index contributed by atoms with van der Waals surface area (Å²) >= 11 is 3.13. The van der Waals surface area contributed by atoms with Gasteiger partial charge in [0.25, 0.3) is 0 Å². The van der Waals surface area contributed by atoms with Crippen molar-refractivity contribution >= 4 is 27.9 Å². The minimum absolute atomic E-state index is 0.232. The van der Waals surface area contributed by atoms with Crippen LogP contribution in [0.5, 0.6) is 0 Å². The Morgan fingerprint density at radius 1 is 1.43 bits per heavy atom. The van der Waals surface area contributed by atoms with Gasteiger partial charge >= 0.3 is 12.0 Å². The number of rotatable bonds is 4. The van der Waals surface area contributed by atoms with Crippen LogP contribution in [-0.4, -0.2) is 30.1 Å². The van der Waals surface area contributed by atoms with E-state index >= 15 is 0 Å². The second kappa shape index (κ2) is 7.12. The number of hydrogen-bond acceptors (Lipinski definition) is 3. The third-order valence-electron chi connectivity index (χ3n) is 3.68. The highest BCUT2D eigenvalue weighted by Gasteiger charge is 2.35. The predicted molar refractivity (Wildman–Crippen MR) is 87.1 cm³/mol. The Hall–Kier alpha value is -1.89. The first-order chi connectivity index (χ1) is 10.9. The van der Waals surface area contributed by atoms with Crippen LogP contribution in [-0.2, 0) is 9.53 Å². The standard InChI is InChI=1S/C16H18BrFN2O3/c1-4-20-9(3)13(15(21)23-5-2)14(19-16(20)22)10-6-7-12(18)11(17)8-10/h6-8,14H,4-5H2,1-3H3,(H,19,22)/t14-/m0/s1. The Bertz CT molecular complexity index is 675. The average Bonchev–Trinajstić information content (AvgIpc) is 2.50. The number of esters is 1. The van der Waals surface area contributed by atoms with Gasteiger partial charge in [0, 0.05) is 12.2 Å². The van der Waals surface area contributed by atoms with Crippen LogP contribution < -0.4 is 5.32 Å². The van der Waals surface area contributed by atoms with Crippen molar-refractivity contribution in [1.29, 1.82) is 0 Å². The van der Waals surface area contributed by atoms with Crippen molar-refractivity contribution in [1.82, 2.24) is 10.2 Å². The number of carbonyl (C=O) groups excluding carboxylic acids is 2. The molecule has 1 aromatic rings. The number of urea groups is 1. The molecule has 1 aromatic carbocycles. The zero-order chi connectivity index (χ0) is 17.1. The van der Waals surface area contributed by atoms with Gasteiger partial charge in [0.2, 0.25) is 0 Å². The van der Waals surface area contributed by atoms with E-state index in [9.17, 15) is 14.0 Å². The molecule has 1 aliphatic rings. The zero-order valence-electron chi connectivity index (χ0n) is 13.2. The smallest absolute Gasteiger partial charge is 0.338 e. The Morgan fingerprint density at radius 2 is 2.13 bits per heavy atom. The van der Waals surface area contributed by atoms with Gasteiger partial charge in [-0.1, -0.05) is 6.07 Å². The minimum atomic E-state index is -0.679. The number of benzene rings is 1. The summed E-state index contributed by atoms with van der Waals surface area (Å²) in [6, 6.07) is 3.40. The molecule has 23 heavy (non-hydrogen) atoms. The fourth-order valence-electron chi connectivity index (χ4n) is 2.58. The van der Waals surface area contributed by atoms with Crippen molar-refractivity contribution in [2.75, 3.05) is 13.2 Å². The Kier molecular flexibility index (Phi) is 5.41. The van der Waals surface area contributed by atoms with Gasteiger partial charge in [0.05, 0.1) is 22.7 Å². The van der Waals surface area contributed by atoms with Crippen LogP contribution in [0, 0.1) is 5.82 Å². The zero-order valence-corrected chi connectivity index (χ0v) is 14.7. The SMILES string of the molecule is CCOC(=O)C1=C(C)N(CC)C(=O)N[C@H]1c1ccc(F)c(Br)c1. The van der Waals surface area contributed by atoms with Gasteiger partial charge in [0.15, 0.2) is 0 Å². The number of nitrogens with one attached hydrogen (secondary N) is 1. The summed E-state index contributed by atoms with van der Waals surface area (Å²) in [6.45, 7) is 5.91. The van der Waals surface area contributed by atoms with Crippen molar-refractivity contribution in [3.8, 4) is 0 Å². The molecule has 0 bridgehead atoms. The van der Waals surface area contributed by atoms with E-state index in [0.717, 1.165) is 0 Å². The van der Waals surface area contributed by atoms with E-state index in [-0.39, 0.29) is 17.1 Å². The Labute approximate surface area is 142 Å². The number of ether oxygens (including phenoxy) is 1. The maximum absolute atomic E-state index is 13.5. The topological polar surface area (TPSA) is 58.6 Å². The predicted octanol–water partition coefficient (Wildman–Crippen LogP) is 3.51. The van der Waals surface area contributed by atoms with Gasteiger partial charge in [-0.05, 0) is 54.4 Å². The molecule has 0 fully saturated rings. The summed E-state index contributed by atoms with van der Waals surface area (Å²) in [7, 11) is 0. The lowest BCUT2D eigenvalue weighted by Gasteiger charge is -2.34. The molecule has 124 valence electrons. The summed E-state index contributed by atoms with van der Waals surface area (Å²) in [5, 5.41) is 2.79. The van der Waals surface area contributed by atoms with Crippen molar-refractivity contribution in [2.45, 2.75) is 26.8 Å². The normalized spacial score (nSPS) is 18.0. The highest BCUT2D eigenvalue weighted by atomic mass is 79.9. The first kappa shape index (κ1) is 17.5. The molecule has 1 aliphatic heterocycles. The number of amides is 2. The number of halogens is 2. The van der Waals surface area contributed by atoms with Crippen LogP contribution in [0.4, 0.5) is 9.18 Å². The summed E-state index contributed by atoms with van der Waals surface area (Å²) in [5.41, 5.74) is 1.50. The Balaban J connectivity index is 2.54. The summed E-state index contributed by atoms with van der Waals surface area (Å²) in [6.07, 6.45) is 0. The van der Waals surface area contributed by atoms with E-state index in [1.807, 2.05) is 6.92 Å². The summed E-state index contributed by atoms with van der Waals surface area (Å²) in [5.74, 6) is -0.904. The molecule has 0 saturated heterocycles. The molecule has 2 rings (SSSR count). The van der Waals surface area contributed by atoms with Gasteiger partial charge < -0.3 is 10.1 Å². The van der Waals surface area contributed by atoms with Crippen LogP contribution in [0.15, 0.2) is 33.9 Å². The van der Waals surface area contributed by atoms with E-state index < -0.39 is 17.8 Å². The lowest BCUT2D eigenvalue weighted by molar-refractivity contribution is -0.139. The molecule has 1 atom stereocenters. The first-order valence-electron chi connectivity index (χ1n) is 7.31. The molecule has 0 spiro atoms. The van der Waals surface area contributed by atoms with Crippen molar-refractivity contribution in [2.24, 2.45) is 0 Å². The quantitative estimate of drug-likeness (QED) is 0.807. The number of nitrogens with zero attached hydrogens (tertiary/aromatic N) is 1. The first-order valence-corrected chi connectivity index (χ1v) is 8.10. The van der Waals surface area contributed by atoms with Crippen molar-refractivity contribution < 1.29 is 18.7 Å². The largest absolute Gasteiger partial charge is 0.463 e. The number of hydrogen-bond donors (Lipinski definition) is 1. The lowest BCUT2D eigenvalue weighted by atomic mass is 9.95. The molecule has 1 N–H and O–H groups in total. The van der Waals surface area contributed by atoms with Crippen molar-refractivity contribution in [3.63, 3.8) is 0 Å². The second-order valence-corrected chi connectivity index (χ2v) is 5.87. The van der Waals surface area contributed by atoms with E-state index in [0.29, 0.717) is 23.4 Å². The van der Waals surface area contributed by atoms with Gasteiger partial charge in [-0.15, -0.1) is 0 Å². The molecule has 0 aliphatic carbocycles. The molecule has 5 nitrogen and oxygen atoms in total. The second-order valence-electron chi connectivity index (χ2n) is 5.02. The molecule has 1 heterocycles. The van der Waals surface area contributed by atoms with Crippen LogP contribution in [0.3, 0.4) is 0 Å². The molecule has 0 unspecified atom stereocenters. The third-order valence-corrected chi connectivity index (χ3v) is 4.29. The minimum Gasteiger partial charge on any atom is -0.463 e. The number of allylic oxidation sites excluding steroid dienone is 1. The van der Waals surface area contributed by atoms with Crippen LogP contribution in [0.2, 0.25) is 0 Å². The maximum Gasteiger partial charge on any atom is 0.338 e. The van der Waals surface area contributed by atoms with Crippen LogP contribution in [0.1, 0.15) is 32.4 Å². The molecule has 0 saturated carbocycles. The van der Waals surface area contributed by atoms with Crippen LogP contribution in [0.25, 0.3) is 0 Å². The van der Waals surface area contributed by atoms with Gasteiger partial charge in [0.1, 0.15) is 5.82 Å². The van der Waals surface area contributed by atoms with E-state index in [1.54, 1.807) is 26.0 Å². The fourth-order valence-corrected chi connectivity index (χ4v) is 2.97. The highest BCUT2D eigenvalue weighted by Crippen LogP contribution is 2.32. The lowest BCUT2D eigenvalue weighted by Crippen LogP contribution is -2.47. The van der Waals surface area contributed by atoms with Crippen LogP contribution >= 0.6 is 15.9 Å². The van der Waals surface area contributed by atoms with Gasteiger partial charge in [-0.25, -0.2) is 14.0 Å².